The van der Waals surface area contributed by atoms with E-state index in [1.807, 2.05) is 6.07 Å². The second-order valence-corrected chi connectivity index (χ2v) is 7.56. The zero-order valence-corrected chi connectivity index (χ0v) is 18.0. The number of imide groups is 1. The molecule has 2 aromatic rings. The number of ether oxygens (including phenoxy) is 2. The van der Waals surface area contributed by atoms with Crippen LogP contribution in [0.3, 0.4) is 0 Å². The topological polar surface area (TPSA) is 109 Å². The summed E-state index contributed by atoms with van der Waals surface area (Å²) in [5.41, 5.74) is 1.22. The van der Waals surface area contributed by atoms with Crippen LogP contribution in [0.1, 0.15) is 21.5 Å². The Morgan fingerprint density at radius 3 is 2.58 bits per heavy atom. The Morgan fingerprint density at radius 1 is 1.21 bits per heavy atom. The number of nitrogens with one attached hydrogen (secondary N) is 1. The van der Waals surface area contributed by atoms with E-state index in [-0.39, 0.29) is 29.5 Å². The maximum atomic E-state index is 12.6. The van der Waals surface area contributed by atoms with E-state index in [1.54, 1.807) is 0 Å². The molecule has 1 saturated heterocycles. The molecule has 0 atom stereocenters. The van der Waals surface area contributed by atoms with Gasteiger partial charge in [0.1, 0.15) is 0 Å². The molecular formula is C22H17F2N3O5S. The second kappa shape index (κ2) is 10.6. The van der Waals surface area contributed by atoms with Gasteiger partial charge in [-0.15, -0.1) is 0 Å². The normalized spacial score (nSPS) is 14.5. The van der Waals surface area contributed by atoms with Crippen LogP contribution in [-0.4, -0.2) is 48.8 Å². The van der Waals surface area contributed by atoms with Crippen molar-refractivity contribution in [1.29, 1.82) is 5.26 Å². The Kier molecular flexibility index (Phi) is 7.63. The van der Waals surface area contributed by atoms with Gasteiger partial charge in [0.05, 0.1) is 23.6 Å². The number of rotatable bonds is 8. The number of hydrogen-bond donors (Lipinski definition) is 1. The van der Waals surface area contributed by atoms with Gasteiger partial charge in [0.15, 0.2) is 11.5 Å². The Bertz CT molecular complexity index is 1150. The molecule has 0 spiro atoms. The molecule has 0 unspecified atom stereocenters. The van der Waals surface area contributed by atoms with Crippen molar-refractivity contribution in [3.63, 3.8) is 0 Å². The summed E-state index contributed by atoms with van der Waals surface area (Å²) in [4.78, 5) is 38.2. The zero-order chi connectivity index (χ0) is 24.0. The van der Waals surface area contributed by atoms with Gasteiger partial charge in [-0.1, -0.05) is 6.07 Å². The number of thioether (sulfide) groups is 1. The smallest absolute Gasteiger partial charge is 0.387 e. The van der Waals surface area contributed by atoms with Crippen molar-refractivity contribution in [2.45, 2.75) is 6.61 Å². The molecule has 1 N–H and O–H groups in total. The number of carbonyl (C=O) groups is 3. The standard InChI is InChI=1S/C22H17F2N3O5S/c1-31-17-10-14(4-7-16(17)32-21(23)24)11-18-20(29)27(22(30)33-18)9-8-26-19(28)15-5-2-13(12-25)3-6-15/h2-7,10-11,21H,8-9H2,1H3,(H,26,28). The molecule has 1 heterocycles. The van der Waals surface area contributed by atoms with Crippen molar-refractivity contribution < 1.29 is 32.6 Å². The Hall–Kier alpha value is -3.91. The monoisotopic (exact) mass is 473 g/mol. The van der Waals surface area contributed by atoms with E-state index >= 15 is 0 Å². The summed E-state index contributed by atoms with van der Waals surface area (Å²) < 4.78 is 34.3. The van der Waals surface area contributed by atoms with Crippen LogP contribution in [0, 0.1) is 11.3 Å². The van der Waals surface area contributed by atoms with Crippen LogP contribution >= 0.6 is 11.8 Å². The molecule has 0 saturated carbocycles. The number of methoxy groups -OCH3 is 1. The minimum absolute atomic E-state index is 0.0332. The van der Waals surface area contributed by atoms with Crippen LogP contribution in [0.5, 0.6) is 11.5 Å². The van der Waals surface area contributed by atoms with E-state index in [2.05, 4.69) is 10.1 Å². The quantitative estimate of drug-likeness (QED) is 0.583. The first kappa shape index (κ1) is 23.7. The number of benzene rings is 2. The summed E-state index contributed by atoms with van der Waals surface area (Å²) in [6.07, 6.45) is 1.44. The zero-order valence-electron chi connectivity index (χ0n) is 17.2. The molecule has 1 aliphatic heterocycles. The van der Waals surface area contributed by atoms with Gasteiger partial charge in [-0.3, -0.25) is 19.3 Å². The first-order chi connectivity index (χ1) is 15.8. The third kappa shape index (κ3) is 5.87. The molecule has 8 nitrogen and oxygen atoms in total. The largest absolute Gasteiger partial charge is 0.493 e. The summed E-state index contributed by atoms with van der Waals surface area (Å²) in [6, 6.07) is 12.1. The lowest BCUT2D eigenvalue weighted by molar-refractivity contribution is -0.122. The lowest BCUT2D eigenvalue weighted by Gasteiger charge is -2.13. The Labute approximate surface area is 191 Å². The predicted molar refractivity (Wildman–Crippen MR) is 116 cm³/mol. The fraction of sp³-hybridized carbons (Fsp3) is 0.182. The fourth-order valence-electron chi connectivity index (χ4n) is 2.89. The molecule has 170 valence electrons. The highest BCUT2D eigenvalue weighted by Gasteiger charge is 2.34. The molecule has 3 amide bonds. The van der Waals surface area contributed by atoms with Crippen LogP contribution in [0.4, 0.5) is 13.6 Å². The van der Waals surface area contributed by atoms with E-state index in [0.29, 0.717) is 16.7 Å². The van der Waals surface area contributed by atoms with E-state index in [0.717, 1.165) is 16.7 Å². The number of hydrogen-bond acceptors (Lipinski definition) is 7. The minimum Gasteiger partial charge on any atom is -0.493 e. The van der Waals surface area contributed by atoms with Crippen LogP contribution in [0.2, 0.25) is 0 Å². The van der Waals surface area contributed by atoms with Gasteiger partial charge >= 0.3 is 6.61 Å². The summed E-state index contributed by atoms with van der Waals surface area (Å²) in [7, 11) is 1.29. The molecule has 0 aromatic heterocycles. The van der Waals surface area contributed by atoms with Crippen LogP contribution in [0.25, 0.3) is 6.08 Å². The first-order valence-electron chi connectivity index (χ1n) is 9.49. The summed E-state index contributed by atoms with van der Waals surface area (Å²) in [5, 5.41) is 10.9. The molecular weight excluding hydrogens is 456 g/mol. The predicted octanol–water partition coefficient (Wildman–Crippen LogP) is 3.63. The van der Waals surface area contributed by atoms with E-state index in [4.69, 9.17) is 10.00 Å². The summed E-state index contributed by atoms with van der Waals surface area (Å²) in [5.74, 6) is -1.05. The highest BCUT2D eigenvalue weighted by Crippen LogP contribution is 2.34. The summed E-state index contributed by atoms with van der Waals surface area (Å²) >= 11 is 0.727. The molecule has 11 heteroatoms. The second-order valence-electron chi connectivity index (χ2n) is 6.57. The lowest BCUT2D eigenvalue weighted by Crippen LogP contribution is -2.37. The summed E-state index contributed by atoms with van der Waals surface area (Å²) in [6.45, 7) is -3.01. The van der Waals surface area contributed by atoms with Gasteiger partial charge in [-0.2, -0.15) is 14.0 Å². The molecule has 33 heavy (non-hydrogen) atoms. The van der Waals surface area contributed by atoms with Crippen molar-refractivity contribution in [2.75, 3.05) is 20.2 Å². The van der Waals surface area contributed by atoms with Gasteiger partial charge in [-0.25, -0.2) is 0 Å². The number of halogens is 2. The third-order valence-electron chi connectivity index (χ3n) is 4.47. The number of alkyl halides is 2. The molecule has 0 aliphatic carbocycles. The van der Waals surface area contributed by atoms with Crippen molar-refractivity contribution in [2.24, 2.45) is 0 Å². The SMILES string of the molecule is COc1cc(C=C2SC(=O)N(CCNC(=O)c3ccc(C#N)cc3)C2=O)ccc1OC(F)F. The molecule has 2 aromatic carbocycles. The maximum absolute atomic E-state index is 12.6. The minimum atomic E-state index is -3.02. The highest BCUT2D eigenvalue weighted by atomic mass is 32.2. The van der Waals surface area contributed by atoms with E-state index in [9.17, 15) is 23.2 Å². The van der Waals surface area contributed by atoms with Gasteiger partial charge in [-0.05, 0) is 59.8 Å². The number of amides is 3. The number of carbonyl (C=O) groups excluding carboxylic acids is 3. The van der Waals surface area contributed by atoms with Crippen LogP contribution in [-0.2, 0) is 4.79 Å². The molecule has 0 bridgehead atoms. The first-order valence-corrected chi connectivity index (χ1v) is 10.3. The van der Waals surface area contributed by atoms with Gasteiger partial charge < -0.3 is 14.8 Å². The molecule has 1 fully saturated rings. The Morgan fingerprint density at radius 2 is 1.94 bits per heavy atom. The van der Waals surface area contributed by atoms with E-state index < -0.39 is 23.7 Å². The highest BCUT2D eigenvalue weighted by molar-refractivity contribution is 8.18. The van der Waals surface area contributed by atoms with Gasteiger partial charge in [0.2, 0.25) is 0 Å². The van der Waals surface area contributed by atoms with Crippen molar-refractivity contribution in [3.05, 3.63) is 64.1 Å². The molecule has 0 radical (unpaired) electrons. The van der Waals surface area contributed by atoms with Crippen molar-refractivity contribution >= 4 is 34.9 Å². The molecule has 3 rings (SSSR count). The molecule has 1 aliphatic rings. The third-order valence-corrected chi connectivity index (χ3v) is 5.38. The van der Waals surface area contributed by atoms with Gasteiger partial charge in [0.25, 0.3) is 17.1 Å². The van der Waals surface area contributed by atoms with Gasteiger partial charge in [0, 0.05) is 18.7 Å². The van der Waals surface area contributed by atoms with Crippen LogP contribution < -0.4 is 14.8 Å². The lowest BCUT2D eigenvalue weighted by atomic mass is 10.1. The average Bonchev–Trinajstić information content (AvgIpc) is 3.06. The fourth-order valence-corrected chi connectivity index (χ4v) is 3.76. The Balaban J connectivity index is 1.62. The van der Waals surface area contributed by atoms with Crippen LogP contribution in [0.15, 0.2) is 47.4 Å². The van der Waals surface area contributed by atoms with Crippen molar-refractivity contribution in [3.8, 4) is 17.6 Å². The number of nitriles is 1. The number of nitrogens with zero attached hydrogens (tertiary/aromatic N) is 2. The maximum Gasteiger partial charge on any atom is 0.387 e. The van der Waals surface area contributed by atoms with Crippen molar-refractivity contribution in [1.82, 2.24) is 10.2 Å². The van der Waals surface area contributed by atoms with E-state index in [1.165, 1.54) is 55.7 Å². The average molecular weight is 473 g/mol.